The number of likely N-dealkylation sites (tertiary alicyclic amines) is 1. The second-order valence-electron chi connectivity index (χ2n) is 6.07. The van der Waals surface area contributed by atoms with Crippen LogP contribution in [-0.4, -0.2) is 59.9 Å². The molecule has 23 heavy (non-hydrogen) atoms. The first kappa shape index (κ1) is 15.9. The summed E-state index contributed by atoms with van der Waals surface area (Å²) in [6, 6.07) is 6.11. The molecule has 1 N–H and O–H groups in total. The molecule has 1 unspecified atom stereocenters. The van der Waals surface area contributed by atoms with E-state index >= 15 is 0 Å². The molecule has 0 aliphatic carbocycles. The van der Waals surface area contributed by atoms with Gasteiger partial charge in [-0.05, 0) is 31.5 Å². The molecule has 1 amide bonds. The summed E-state index contributed by atoms with van der Waals surface area (Å²) >= 11 is 0. The number of amides is 1. The number of hydrogen-bond acceptors (Lipinski definition) is 5. The van der Waals surface area contributed by atoms with Gasteiger partial charge in [0.05, 0.1) is 4.92 Å². The number of benzene rings is 1. The van der Waals surface area contributed by atoms with Crippen molar-refractivity contribution in [2.45, 2.75) is 18.9 Å². The van der Waals surface area contributed by atoms with Gasteiger partial charge in [0.2, 0.25) is 5.91 Å². The van der Waals surface area contributed by atoms with Gasteiger partial charge in [0.1, 0.15) is 6.04 Å². The molecule has 0 bridgehead atoms. The summed E-state index contributed by atoms with van der Waals surface area (Å²) < 4.78 is 0. The number of nitro benzene ring substituents is 1. The fourth-order valence-electron chi connectivity index (χ4n) is 3.38. The van der Waals surface area contributed by atoms with Gasteiger partial charge >= 0.3 is 0 Å². The molecule has 2 aliphatic rings. The highest BCUT2D eigenvalue weighted by Gasteiger charge is 2.33. The maximum Gasteiger partial charge on any atom is 0.269 e. The van der Waals surface area contributed by atoms with Crippen molar-refractivity contribution in [2.24, 2.45) is 0 Å². The van der Waals surface area contributed by atoms with E-state index in [-0.39, 0.29) is 11.6 Å². The van der Waals surface area contributed by atoms with E-state index in [0.29, 0.717) is 13.1 Å². The Morgan fingerprint density at radius 2 is 1.87 bits per heavy atom. The Bertz CT molecular complexity index is 580. The second kappa shape index (κ2) is 7.06. The quantitative estimate of drug-likeness (QED) is 0.666. The van der Waals surface area contributed by atoms with E-state index in [4.69, 9.17) is 0 Å². The number of nitrogens with zero attached hydrogens (tertiary/aromatic N) is 3. The minimum absolute atomic E-state index is 0.0415. The largest absolute Gasteiger partial charge is 0.338 e. The summed E-state index contributed by atoms with van der Waals surface area (Å²) in [5.41, 5.74) is 0.768. The average Bonchev–Trinajstić information content (AvgIpc) is 3.10. The van der Waals surface area contributed by atoms with Gasteiger partial charge in [-0.1, -0.05) is 12.1 Å². The van der Waals surface area contributed by atoms with Crippen LogP contribution in [0.4, 0.5) is 5.69 Å². The molecule has 1 aromatic rings. The second-order valence-corrected chi connectivity index (χ2v) is 6.07. The van der Waals surface area contributed by atoms with Crippen molar-refractivity contribution in [1.82, 2.24) is 15.1 Å². The van der Waals surface area contributed by atoms with E-state index in [1.165, 1.54) is 6.07 Å². The third kappa shape index (κ3) is 3.51. The molecule has 7 nitrogen and oxygen atoms in total. The van der Waals surface area contributed by atoms with Crippen LogP contribution in [0.5, 0.6) is 0 Å². The van der Waals surface area contributed by atoms with Crippen molar-refractivity contribution < 1.29 is 9.72 Å². The molecule has 1 aromatic carbocycles. The smallest absolute Gasteiger partial charge is 0.269 e. The summed E-state index contributed by atoms with van der Waals surface area (Å²) in [5.74, 6) is 0.0638. The zero-order valence-electron chi connectivity index (χ0n) is 13.1. The van der Waals surface area contributed by atoms with Gasteiger partial charge in [-0.15, -0.1) is 0 Å². The Labute approximate surface area is 135 Å². The van der Waals surface area contributed by atoms with E-state index in [0.717, 1.165) is 44.6 Å². The van der Waals surface area contributed by atoms with E-state index in [1.807, 2.05) is 11.0 Å². The highest BCUT2D eigenvalue weighted by Crippen LogP contribution is 2.29. The van der Waals surface area contributed by atoms with Crippen LogP contribution in [0.25, 0.3) is 0 Å². The number of carbonyl (C=O) groups is 1. The van der Waals surface area contributed by atoms with Crippen molar-refractivity contribution in [3.63, 3.8) is 0 Å². The van der Waals surface area contributed by atoms with Gasteiger partial charge in [0, 0.05) is 38.3 Å². The summed E-state index contributed by atoms with van der Waals surface area (Å²) in [6.45, 7) is 4.72. The Morgan fingerprint density at radius 1 is 1.17 bits per heavy atom. The van der Waals surface area contributed by atoms with E-state index in [2.05, 4.69) is 10.2 Å². The lowest BCUT2D eigenvalue weighted by atomic mass is 10.0. The predicted molar refractivity (Wildman–Crippen MR) is 86.1 cm³/mol. The Balaban J connectivity index is 1.90. The van der Waals surface area contributed by atoms with Crippen molar-refractivity contribution in [1.29, 1.82) is 0 Å². The van der Waals surface area contributed by atoms with Gasteiger partial charge in [0.15, 0.2) is 0 Å². The number of piperazine rings is 1. The molecular weight excluding hydrogens is 296 g/mol. The van der Waals surface area contributed by atoms with Gasteiger partial charge in [-0.25, -0.2) is 0 Å². The van der Waals surface area contributed by atoms with E-state index in [9.17, 15) is 14.9 Å². The number of nitrogens with one attached hydrogen (secondary N) is 1. The van der Waals surface area contributed by atoms with Crippen LogP contribution in [0, 0.1) is 10.1 Å². The van der Waals surface area contributed by atoms with E-state index < -0.39 is 11.0 Å². The van der Waals surface area contributed by atoms with Crippen molar-refractivity contribution in [3.05, 3.63) is 39.9 Å². The van der Waals surface area contributed by atoms with Crippen LogP contribution in [0.15, 0.2) is 24.3 Å². The van der Waals surface area contributed by atoms with Crippen LogP contribution in [0.1, 0.15) is 24.4 Å². The molecule has 2 aliphatic heterocycles. The summed E-state index contributed by atoms with van der Waals surface area (Å²) in [7, 11) is 0. The lowest BCUT2D eigenvalue weighted by Gasteiger charge is -2.34. The standard InChI is InChI=1S/C16H22N4O3/c21-16(19-10-6-17-7-11-19)15(18-8-1-2-9-18)13-4-3-5-14(12-13)20(22)23/h3-5,12,15,17H,1-2,6-11H2. The first-order chi connectivity index (χ1) is 11.2. The minimum Gasteiger partial charge on any atom is -0.338 e. The lowest BCUT2D eigenvalue weighted by molar-refractivity contribution is -0.384. The predicted octanol–water partition coefficient (Wildman–Crippen LogP) is 1.16. The fraction of sp³-hybridized carbons (Fsp3) is 0.562. The topological polar surface area (TPSA) is 78.7 Å². The highest BCUT2D eigenvalue weighted by molar-refractivity contribution is 5.83. The Kier molecular flexibility index (Phi) is 4.88. The molecule has 0 spiro atoms. The van der Waals surface area contributed by atoms with Crippen molar-refractivity contribution in [2.75, 3.05) is 39.3 Å². The van der Waals surface area contributed by atoms with Crippen LogP contribution in [0.2, 0.25) is 0 Å². The third-order valence-electron chi connectivity index (χ3n) is 4.57. The molecule has 1 atom stereocenters. The maximum absolute atomic E-state index is 13.1. The normalized spacial score (nSPS) is 20.4. The molecule has 2 saturated heterocycles. The molecular formula is C16H22N4O3. The lowest BCUT2D eigenvalue weighted by Crippen LogP contribution is -2.50. The molecule has 0 aromatic heterocycles. The zero-order valence-corrected chi connectivity index (χ0v) is 13.1. The molecule has 0 radical (unpaired) electrons. The first-order valence-electron chi connectivity index (χ1n) is 8.15. The molecule has 2 heterocycles. The minimum atomic E-state index is -0.407. The van der Waals surface area contributed by atoms with Crippen molar-refractivity contribution in [3.8, 4) is 0 Å². The number of rotatable bonds is 4. The first-order valence-corrected chi connectivity index (χ1v) is 8.15. The van der Waals surface area contributed by atoms with E-state index in [1.54, 1.807) is 12.1 Å². The highest BCUT2D eigenvalue weighted by atomic mass is 16.6. The van der Waals surface area contributed by atoms with Gasteiger partial charge in [-0.3, -0.25) is 19.8 Å². The zero-order chi connectivity index (χ0) is 16.2. The number of non-ortho nitro benzene ring substituents is 1. The van der Waals surface area contributed by atoms with Crippen LogP contribution >= 0.6 is 0 Å². The van der Waals surface area contributed by atoms with Crippen LogP contribution in [-0.2, 0) is 4.79 Å². The number of hydrogen-bond donors (Lipinski definition) is 1. The summed E-state index contributed by atoms with van der Waals surface area (Å²) in [5, 5.41) is 14.3. The van der Waals surface area contributed by atoms with Gasteiger partial charge in [-0.2, -0.15) is 0 Å². The molecule has 2 fully saturated rings. The Morgan fingerprint density at radius 3 is 2.52 bits per heavy atom. The Hall–Kier alpha value is -1.99. The molecule has 7 heteroatoms. The molecule has 124 valence electrons. The summed E-state index contributed by atoms with van der Waals surface area (Å²) in [6.07, 6.45) is 2.14. The van der Waals surface area contributed by atoms with Gasteiger partial charge in [0.25, 0.3) is 5.69 Å². The SMILES string of the molecule is O=C(C(c1cccc([N+](=O)[O-])c1)N1CCCC1)N1CCNCC1. The monoisotopic (exact) mass is 318 g/mol. The molecule has 0 saturated carbocycles. The average molecular weight is 318 g/mol. The number of carbonyl (C=O) groups excluding carboxylic acids is 1. The van der Waals surface area contributed by atoms with Gasteiger partial charge < -0.3 is 10.2 Å². The van der Waals surface area contributed by atoms with Crippen LogP contribution < -0.4 is 5.32 Å². The third-order valence-corrected chi connectivity index (χ3v) is 4.57. The fourth-order valence-corrected chi connectivity index (χ4v) is 3.38. The maximum atomic E-state index is 13.1. The van der Waals surface area contributed by atoms with Crippen LogP contribution in [0.3, 0.4) is 0 Å². The number of nitro groups is 1. The summed E-state index contributed by atoms with van der Waals surface area (Å²) in [4.78, 5) is 27.7. The molecule has 3 rings (SSSR count). The van der Waals surface area contributed by atoms with Crippen molar-refractivity contribution >= 4 is 11.6 Å².